The SMILES string of the molecule is COCCC(C(=O)OC)(C(=O)OC)[C@@H]1c2ccccc2C[C@H]1NC(=O)C1Cc2sc(Cl)c(Cl)c2N1. The molecule has 2 heterocycles. The van der Waals surface area contributed by atoms with Gasteiger partial charge in [0, 0.05) is 37.0 Å². The number of benzene rings is 1. The molecular formula is C24H26Cl2N2O6S. The molecule has 1 unspecified atom stereocenters. The van der Waals surface area contributed by atoms with Crippen LogP contribution in [-0.2, 0) is 41.4 Å². The summed E-state index contributed by atoms with van der Waals surface area (Å²) < 4.78 is 16.0. The summed E-state index contributed by atoms with van der Waals surface area (Å²) in [6, 6.07) is 6.41. The number of methoxy groups -OCH3 is 3. The molecule has 8 nitrogen and oxygen atoms in total. The van der Waals surface area contributed by atoms with Crippen molar-refractivity contribution in [1.82, 2.24) is 5.32 Å². The lowest BCUT2D eigenvalue weighted by atomic mass is 9.68. The van der Waals surface area contributed by atoms with Gasteiger partial charge in [0.05, 0.1) is 24.9 Å². The first-order valence-corrected chi connectivity index (χ1v) is 12.6. The first kappa shape index (κ1) is 25.8. The second kappa shape index (κ2) is 10.3. The van der Waals surface area contributed by atoms with Crippen LogP contribution >= 0.6 is 34.5 Å². The third-order valence-electron chi connectivity index (χ3n) is 6.80. The average Bonchev–Trinajstić information content (AvgIpc) is 3.52. The van der Waals surface area contributed by atoms with Gasteiger partial charge in [-0.15, -0.1) is 11.3 Å². The number of fused-ring (bicyclic) bond motifs is 2. The van der Waals surface area contributed by atoms with E-state index in [2.05, 4.69) is 10.6 Å². The molecule has 1 amide bonds. The van der Waals surface area contributed by atoms with Crippen molar-refractivity contribution in [2.24, 2.45) is 5.41 Å². The van der Waals surface area contributed by atoms with Gasteiger partial charge in [-0.1, -0.05) is 47.5 Å². The summed E-state index contributed by atoms with van der Waals surface area (Å²) in [5.74, 6) is -2.44. The number of carbonyl (C=O) groups excluding carboxylic acids is 3. The molecule has 0 saturated carbocycles. The van der Waals surface area contributed by atoms with Crippen molar-refractivity contribution in [2.75, 3.05) is 33.3 Å². The van der Waals surface area contributed by atoms with Gasteiger partial charge in [0.25, 0.3) is 0 Å². The number of esters is 2. The highest BCUT2D eigenvalue weighted by molar-refractivity contribution is 7.17. The van der Waals surface area contributed by atoms with E-state index >= 15 is 0 Å². The fourth-order valence-corrected chi connectivity index (χ4v) is 6.86. The summed E-state index contributed by atoms with van der Waals surface area (Å²) in [5.41, 5.74) is 0.693. The van der Waals surface area contributed by atoms with Crippen LogP contribution in [0.25, 0.3) is 0 Å². The van der Waals surface area contributed by atoms with Crippen molar-refractivity contribution in [3.8, 4) is 0 Å². The summed E-state index contributed by atoms with van der Waals surface area (Å²) in [6.07, 6.45) is 0.906. The monoisotopic (exact) mass is 540 g/mol. The van der Waals surface area contributed by atoms with Gasteiger partial charge in [0.15, 0.2) is 5.41 Å². The van der Waals surface area contributed by atoms with Crippen molar-refractivity contribution >= 4 is 58.1 Å². The van der Waals surface area contributed by atoms with Crippen molar-refractivity contribution in [2.45, 2.75) is 37.3 Å². The van der Waals surface area contributed by atoms with E-state index < -0.39 is 35.4 Å². The van der Waals surface area contributed by atoms with E-state index in [1.54, 1.807) is 0 Å². The second-order valence-corrected chi connectivity index (χ2v) is 10.7. The smallest absolute Gasteiger partial charge is 0.324 e. The molecule has 2 N–H and O–H groups in total. The van der Waals surface area contributed by atoms with Crippen LogP contribution in [0, 0.1) is 5.41 Å². The fourth-order valence-electron chi connectivity index (χ4n) is 5.23. The first-order chi connectivity index (χ1) is 16.8. The number of carbonyl (C=O) groups is 3. The van der Waals surface area contributed by atoms with Crippen molar-refractivity contribution in [3.63, 3.8) is 0 Å². The number of halogens is 2. The van der Waals surface area contributed by atoms with Crippen LogP contribution in [0.2, 0.25) is 9.36 Å². The van der Waals surface area contributed by atoms with Crippen LogP contribution in [0.3, 0.4) is 0 Å². The Morgan fingerprint density at radius 2 is 1.80 bits per heavy atom. The molecule has 1 aromatic heterocycles. The molecule has 2 aliphatic rings. The Morgan fingerprint density at radius 3 is 2.43 bits per heavy atom. The minimum absolute atomic E-state index is 0.0291. The van der Waals surface area contributed by atoms with Crippen molar-refractivity contribution < 1.29 is 28.6 Å². The maximum atomic E-state index is 13.4. The van der Waals surface area contributed by atoms with Gasteiger partial charge in [0.2, 0.25) is 5.91 Å². The molecule has 0 bridgehead atoms. The predicted octanol–water partition coefficient (Wildman–Crippen LogP) is 3.59. The number of hydrogen-bond donors (Lipinski definition) is 2. The molecule has 0 radical (unpaired) electrons. The van der Waals surface area contributed by atoms with Crippen LogP contribution in [0.4, 0.5) is 5.69 Å². The van der Waals surface area contributed by atoms with Gasteiger partial charge < -0.3 is 24.8 Å². The summed E-state index contributed by atoms with van der Waals surface area (Å²) >= 11 is 13.7. The first-order valence-electron chi connectivity index (χ1n) is 11.1. The maximum absolute atomic E-state index is 13.4. The summed E-state index contributed by atoms with van der Waals surface area (Å²) in [5, 5.41) is 6.65. The number of hydrogen-bond acceptors (Lipinski definition) is 8. The highest BCUT2D eigenvalue weighted by Gasteiger charge is 2.59. The molecule has 0 fully saturated rings. The minimum atomic E-state index is -1.71. The Bertz CT molecular complexity index is 1140. The highest BCUT2D eigenvalue weighted by Crippen LogP contribution is 2.50. The third-order valence-corrected chi connectivity index (χ3v) is 8.81. The van der Waals surface area contributed by atoms with Gasteiger partial charge in [-0.25, -0.2) is 0 Å². The minimum Gasteiger partial charge on any atom is -0.468 e. The third kappa shape index (κ3) is 4.39. The van der Waals surface area contributed by atoms with E-state index in [1.807, 2.05) is 24.3 Å². The molecule has 188 valence electrons. The van der Waals surface area contributed by atoms with E-state index in [1.165, 1.54) is 32.7 Å². The average molecular weight is 541 g/mol. The Kier molecular flexibility index (Phi) is 7.61. The molecule has 1 aromatic carbocycles. The zero-order valence-electron chi connectivity index (χ0n) is 19.5. The Morgan fingerprint density at radius 1 is 1.11 bits per heavy atom. The lowest BCUT2D eigenvalue weighted by molar-refractivity contribution is -0.173. The maximum Gasteiger partial charge on any atom is 0.324 e. The van der Waals surface area contributed by atoms with Gasteiger partial charge in [0.1, 0.15) is 10.4 Å². The zero-order valence-corrected chi connectivity index (χ0v) is 21.8. The van der Waals surface area contributed by atoms with E-state index in [9.17, 15) is 14.4 Å². The summed E-state index contributed by atoms with van der Waals surface area (Å²) in [6.45, 7) is 0.118. The number of thiophene rings is 1. The lowest BCUT2D eigenvalue weighted by Crippen LogP contribution is -2.54. The van der Waals surface area contributed by atoms with Gasteiger partial charge in [-0.2, -0.15) is 0 Å². The van der Waals surface area contributed by atoms with Gasteiger partial charge in [-0.05, 0) is 24.0 Å². The normalized spacial score (nSPS) is 20.5. The summed E-state index contributed by atoms with van der Waals surface area (Å²) in [7, 11) is 3.96. The van der Waals surface area contributed by atoms with Crippen LogP contribution in [0.15, 0.2) is 24.3 Å². The van der Waals surface area contributed by atoms with Gasteiger partial charge in [-0.3, -0.25) is 14.4 Å². The van der Waals surface area contributed by atoms with Crippen LogP contribution in [0.5, 0.6) is 0 Å². The van der Waals surface area contributed by atoms with Crippen LogP contribution in [0.1, 0.15) is 28.3 Å². The number of rotatable bonds is 8. The van der Waals surface area contributed by atoms with E-state index in [-0.39, 0.29) is 18.9 Å². The highest BCUT2D eigenvalue weighted by atomic mass is 35.5. The molecule has 0 saturated heterocycles. The standard InChI is InChI=1S/C24H26Cl2N2O6S/c1-32-9-8-24(22(30)33-2,23(31)34-3)17-13-7-5-4-6-12(13)10-14(17)28-21(29)15-11-16-19(27-15)18(25)20(26)35-16/h4-7,14-15,17,27H,8-11H2,1-3H3,(H,28,29)/t14-,15?,17-/m1/s1. The largest absolute Gasteiger partial charge is 0.468 e. The fraction of sp³-hybridized carbons (Fsp3) is 0.458. The molecule has 3 atom stereocenters. The number of nitrogens with one attached hydrogen (secondary N) is 2. The lowest BCUT2D eigenvalue weighted by Gasteiger charge is -2.37. The molecular weight excluding hydrogens is 515 g/mol. The molecule has 11 heteroatoms. The second-order valence-electron chi connectivity index (χ2n) is 8.58. The zero-order chi connectivity index (χ0) is 25.3. The topological polar surface area (TPSA) is 103 Å². The summed E-state index contributed by atoms with van der Waals surface area (Å²) in [4.78, 5) is 40.8. The molecule has 35 heavy (non-hydrogen) atoms. The van der Waals surface area contributed by atoms with Crippen molar-refractivity contribution in [1.29, 1.82) is 0 Å². The number of ether oxygens (including phenoxy) is 3. The molecule has 1 aliphatic carbocycles. The Labute approximate surface area is 217 Å². The molecule has 1 aliphatic heterocycles. The Hall–Kier alpha value is -2.33. The molecule has 2 aromatic rings. The molecule has 4 rings (SSSR count). The van der Waals surface area contributed by atoms with Gasteiger partial charge >= 0.3 is 11.9 Å². The number of amides is 1. The Balaban J connectivity index is 1.69. The van der Waals surface area contributed by atoms with E-state index in [4.69, 9.17) is 37.4 Å². The molecule has 0 spiro atoms. The van der Waals surface area contributed by atoms with E-state index in [0.717, 1.165) is 16.0 Å². The predicted molar refractivity (Wildman–Crippen MR) is 133 cm³/mol. The van der Waals surface area contributed by atoms with Crippen LogP contribution in [-0.4, -0.2) is 57.9 Å². The van der Waals surface area contributed by atoms with E-state index in [0.29, 0.717) is 27.9 Å². The quantitative estimate of drug-likeness (QED) is 0.389. The number of anilines is 1. The van der Waals surface area contributed by atoms with Crippen molar-refractivity contribution in [3.05, 3.63) is 49.6 Å². The van der Waals surface area contributed by atoms with Crippen LogP contribution < -0.4 is 10.6 Å².